The number of hydrogen-bond acceptors (Lipinski definition) is 4. The third-order valence-corrected chi connectivity index (χ3v) is 3.71. The van der Waals surface area contributed by atoms with Crippen molar-refractivity contribution in [2.24, 2.45) is 0 Å². The predicted molar refractivity (Wildman–Crippen MR) is 72.3 cm³/mol. The molecular weight excluding hydrogens is 228 g/mol. The molecule has 18 heavy (non-hydrogen) atoms. The van der Waals surface area contributed by atoms with E-state index in [4.69, 9.17) is 10.8 Å². The van der Waals surface area contributed by atoms with Crippen LogP contribution in [0.5, 0.6) is 5.75 Å². The van der Waals surface area contributed by atoms with Crippen LogP contribution < -0.4 is 5.73 Å². The molecule has 100 valence electrons. The van der Waals surface area contributed by atoms with Crippen LogP contribution in [0.4, 0.5) is 5.69 Å². The lowest BCUT2D eigenvalue weighted by atomic mass is 10.1. The second kappa shape index (κ2) is 6.07. The summed E-state index contributed by atoms with van der Waals surface area (Å²) < 4.78 is 0. The summed E-state index contributed by atoms with van der Waals surface area (Å²) in [6.07, 6.45) is 5.00. The van der Waals surface area contributed by atoms with Gasteiger partial charge in [0.2, 0.25) is 0 Å². The van der Waals surface area contributed by atoms with E-state index in [0.29, 0.717) is 18.3 Å². The summed E-state index contributed by atoms with van der Waals surface area (Å²) in [4.78, 5) is 2.32. The van der Waals surface area contributed by atoms with E-state index in [9.17, 15) is 5.11 Å². The maximum absolute atomic E-state index is 9.41. The van der Waals surface area contributed by atoms with E-state index in [1.54, 1.807) is 6.07 Å². The Balaban J connectivity index is 2.04. The fourth-order valence-electron chi connectivity index (χ4n) is 2.73. The minimum atomic E-state index is 0.133. The largest absolute Gasteiger partial charge is 0.506 e. The fourth-order valence-corrected chi connectivity index (χ4v) is 2.73. The SMILES string of the molecule is Nc1cc(CN(CCO)C2CCCC2)ccc1O. The van der Waals surface area contributed by atoms with Crippen molar-refractivity contribution < 1.29 is 10.2 Å². The van der Waals surface area contributed by atoms with Crippen LogP contribution >= 0.6 is 0 Å². The van der Waals surface area contributed by atoms with Crippen molar-refractivity contribution in [2.45, 2.75) is 38.3 Å². The molecule has 2 rings (SSSR count). The zero-order valence-electron chi connectivity index (χ0n) is 10.7. The quantitative estimate of drug-likeness (QED) is 0.549. The number of aliphatic hydroxyl groups is 1. The summed E-state index contributed by atoms with van der Waals surface area (Å²) in [7, 11) is 0. The highest BCUT2D eigenvalue weighted by molar-refractivity contribution is 5.53. The molecule has 0 unspecified atom stereocenters. The van der Waals surface area contributed by atoms with Gasteiger partial charge in [-0.25, -0.2) is 0 Å². The van der Waals surface area contributed by atoms with Crippen molar-refractivity contribution in [3.05, 3.63) is 23.8 Å². The van der Waals surface area contributed by atoms with Crippen LogP contribution in [0.1, 0.15) is 31.2 Å². The number of rotatable bonds is 5. The fraction of sp³-hybridized carbons (Fsp3) is 0.571. The molecule has 0 radical (unpaired) electrons. The first-order chi connectivity index (χ1) is 8.70. The lowest BCUT2D eigenvalue weighted by Gasteiger charge is -2.28. The van der Waals surface area contributed by atoms with Gasteiger partial charge >= 0.3 is 0 Å². The number of nitrogen functional groups attached to an aromatic ring is 1. The molecule has 1 aliphatic rings. The monoisotopic (exact) mass is 250 g/mol. The lowest BCUT2D eigenvalue weighted by molar-refractivity contribution is 0.145. The van der Waals surface area contributed by atoms with Crippen molar-refractivity contribution in [3.63, 3.8) is 0 Å². The normalized spacial score (nSPS) is 16.6. The van der Waals surface area contributed by atoms with Crippen molar-refractivity contribution in [3.8, 4) is 5.75 Å². The van der Waals surface area contributed by atoms with Gasteiger partial charge < -0.3 is 15.9 Å². The van der Waals surface area contributed by atoms with Gasteiger partial charge in [-0.05, 0) is 30.5 Å². The second-order valence-corrected chi connectivity index (χ2v) is 5.03. The zero-order valence-corrected chi connectivity index (χ0v) is 10.7. The van der Waals surface area contributed by atoms with Crippen LogP contribution in [-0.4, -0.2) is 34.3 Å². The van der Waals surface area contributed by atoms with Gasteiger partial charge in [0.15, 0.2) is 0 Å². The number of aromatic hydroxyl groups is 1. The average molecular weight is 250 g/mol. The molecule has 1 saturated carbocycles. The number of benzene rings is 1. The molecule has 1 aromatic rings. The van der Waals surface area contributed by atoms with E-state index in [2.05, 4.69) is 4.90 Å². The van der Waals surface area contributed by atoms with Gasteiger partial charge in [0, 0.05) is 19.1 Å². The second-order valence-electron chi connectivity index (χ2n) is 5.03. The summed E-state index contributed by atoms with van der Waals surface area (Å²) in [6, 6.07) is 5.92. The number of phenolic OH excluding ortho intramolecular Hbond substituents is 1. The lowest BCUT2D eigenvalue weighted by Crippen LogP contribution is -2.35. The highest BCUT2D eigenvalue weighted by Gasteiger charge is 2.22. The van der Waals surface area contributed by atoms with Crippen LogP contribution in [-0.2, 0) is 6.54 Å². The Kier molecular flexibility index (Phi) is 4.44. The molecule has 1 fully saturated rings. The molecule has 0 aromatic heterocycles. The maximum Gasteiger partial charge on any atom is 0.138 e. The molecule has 0 spiro atoms. The first-order valence-electron chi connectivity index (χ1n) is 6.63. The maximum atomic E-state index is 9.41. The number of nitrogens with zero attached hydrogens (tertiary/aromatic N) is 1. The van der Waals surface area contributed by atoms with E-state index in [1.807, 2.05) is 12.1 Å². The Morgan fingerprint density at radius 3 is 2.61 bits per heavy atom. The molecule has 0 amide bonds. The average Bonchev–Trinajstić information content (AvgIpc) is 2.87. The molecule has 4 heteroatoms. The van der Waals surface area contributed by atoms with Gasteiger partial charge in [0.1, 0.15) is 5.75 Å². The molecular formula is C14H22N2O2. The van der Waals surface area contributed by atoms with E-state index in [-0.39, 0.29) is 12.4 Å². The van der Waals surface area contributed by atoms with Crippen LogP contribution in [0.2, 0.25) is 0 Å². The van der Waals surface area contributed by atoms with Crippen LogP contribution in [0, 0.1) is 0 Å². The summed E-state index contributed by atoms with van der Waals surface area (Å²) >= 11 is 0. The third-order valence-electron chi connectivity index (χ3n) is 3.71. The number of aliphatic hydroxyl groups excluding tert-OH is 1. The third kappa shape index (κ3) is 3.15. The van der Waals surface area contributed by atoms with Crippen molar-refractivity contribution in [2.75, 3.05) is 18.9 Å². The Bertz CT molecular complexity index is 389. The van der Waals surface area contributed by atoms with Crippen LogP contribution in [0.25, 0.3) is 0 Å². The molecule has 0 atom stereocenters. The predicted octanol–water partition coefficient (Wildman–Crippen LogP) is 1.71. The van der Waals surface area contributed by atoms with E-state index < -0.39 is 0 Å². The number of nitrogens with two attached hydrogens (primary N) is 1. The first-order valence-corrected chi connectivity index (χ1v) is 6.63. The van der Waals surface area contributed by atoms with E-state index >= 15 is 0 Å². The number of anilines is 1. The minimum absolute atomic E-state index is 0.133. The van der Waals surface area contributed by atoms with Gasteiger partial charge in [-0.3, -0.25) is 4.90 Å². The molecule has 1 aromatic carbocycles. The zero-order chi connectivity index (χ0) is 13.0. The van der Waals surface area contributed by atoms with Crippen molar-refractivity contribution >= 4 is 5.69 Å². The molecule has 0 saturated heterocycles. The molecule has 0 aliphatic heterocycles. The van der Waals surface area contributed by atoms with Gasteiger partial charge in [0.05, 0.1) is 12.3 Å². The highest BCUT2D eigenvalue weighted by Crippen LogP contribution is 2.26. The smallest absolute Gasteiger partial charge is 0.138 e. The first kappa shape index (κ1) is 13.2. The molecule has 1 aliphatic carbocycles. The summed E-state index contributed by atoms with van der Waals surface area (Å²) in [5, 5.41) is 18.6. The minimum Gasteiger partial charge on any atom is -0.506 e. The topological polar surface area (TPSA) is 69.7 Å². The number of phenols is 1. The summed E-state index contributed by atoms with van der Waals surface area (Å²) in [6.45, 7) is 1.67. The Labute approximate surface area is 108 Å². The van der Waals surface area contributed by atoms with Crippen molar-refractivity contribution in [1.29, 1.82) is 0 Å². The van der Waals surface area contributed by atoms with Crippen molar-refractivity contribution in [1.82, 2.24) is 4.90 Å². The van der Waals surface area contributed by atoms with Crippen LogP contribution in [0.3, 0.4) is 0 Å². The summed E-state index contributed by atoms with van der Waals surface area (Å²) in [5.74, 6) is 0.133. The Hall–Kier alpha value is -1.26. The molecule has 4 nitrogen and oxygen atoms in total. The Morgan fingerprint density at radius 2 is 2.00 bits per heavy atom. The van der Waals surface area contributed by atoms with Crippen LogP contribution in [0.15, 0.2) is 18.2 Å². The number of hydrogen-bond donors (Lipinski definition) is 3. The molecule has 0 heterocycles. The van der Waals surface area contributed by atoms with Gasteiger partial charge in [0.25, 0.3) is 0 Å². The van der Waals surface area contributed by atoms with E-state index in [1.165, 1.54) is 25.7 Å². The summed E-state index contributed by atoms with van der Waals surface area (Å²) in [5.41, 5.74) is 7.21. The van der Waals surface area contributed by atoms with Gasteiger partial charge in [-0.15, -0.1) is 0 Å². The van der Waals surface area contributed by atoms with Gasteiger partial charge in [-0.2, -0.15) is 0 Å². The molecule has 0 bridgehead atoms. The van der Waals surface area contributed by atoms with E-state index in [0.717, 1.165) is 12.1 Å². The Morgan fingerprint density at radius 1 is 1.28 bits per heavy atom. The molecule has 4 N–H and O–H groups in total. The standard InChI is InChI=1S/C14H22N2O2/c15-13-9-11(5-6-14(13)18)10-16(7-8-17)12-3-1-2-4-12/h5-6,9,12,17-18H,1-4,7-8,10,15H2. The van der Waals surface area contributed by atoms with Gasteiger partial charge in [-0.1, -0.05) is 18.9 Å². The highest BCUT2D eigenvalue weighted by atomic mass is 16.3.